The lowest BCUT2D eigenvalue weighted by Crippen LogP contribution is -2.33. The number of carbonyl (C=O) groups is 1. The number of ether oxygens (including phenoxy) is 1. The molecule has 0 aromatic carbocycles. The molecular formula is C11H15NO2S. The molecule has 1 aromatic heterocycles. The highest BCUT2D eigenvalue weighted by molar-refractivity contribution is 7.12. The van der Waals surface area contributed by atoms with Crippen LogP contribution in [0.15, 0.2) is 17.5 Å². The average Bonchev–Trinajstić information content (AvgIpc) is 2.88. The quantitative estimate of drug-likeness (QED) is 0.787. The summed E-state index contributed by atoms with van der Waals surface area (Å²) in [6.45, 7) is 1.54. The zero-order valence-corrected chi connectivity index (χ0v) is 9.63. The maximum Gasteiger partial charge on any atom is 0.263 e. The van der Waals surface area contributed by atoms with Gasteiger partial charge in [-0.15, -0.1) is 11.3 Å². The van der Waals surface area contributed by atoms with Crippen molar-refractivity contribution in [2.45, 2.75) is 18.9 Å². The molecule has 1 aromatic rings. The molecule has 3 nitrogen and oxygen atoms in total. The molecule has 2 rings (SSSR count). The first-order valence-corrected chi connectivity index (χ1v) is 6.06. The maximum atomic E-state index is 11.9. The molecule has 0 aliphatic carbocycles. The molecule has 2 heterocycles. The Morgan fingerprint density at radius 1 is 1.73 bits per heavy atom. The van der Waals surface area contributed by atoms with E-state index in [1.54, 1.807) is 4.90 Å². The van der Waals surface area contributed by atoms with E-state index < -0.39 is 0 Å². The van der Waals surface area contributed by atoms with Gasteiger partial charge >= 0.3 is 0 Å². The van der Waals surface area contributed by atoms with Crippen LogP contribution in [0.2, 0.25) is 0 Å². The lowest BCUT2D eigenvalue weighted by molar-refractivity contribution is 0.0590. The topological polar surface area (TPSA) is 29.5 Å². The zero-order valence-electron chi connectivity index (χ0n) is 8.81. The molecule has 1 unspecified atom stereocenters. The van der Waals surface area contributed by atoms with Crippen LogP contribution in [0.1, 0.15) is 22.5 Å². The second kappa shape index (κ2) is 4.77. The van der Waals surface area contributed by atoms with Crippen LogP contribution in [-0.2, 0) is 4.74 Å². The lowest BCUT2D eigenvalue weighted by Gasteiger charge is -2.19. The SMILES string of the molecule is CN(CC1CCCO1)C(=O)c1cccs1. The Kier molecular flexibility index (Phi) is 3.38. The zero-order chi connectivity index (χ0) is 10.7. The van der Waals surface area contributed by atoms with Crippen molar-refractivity contribution in [3.63, 3.8) is 0 Å². The Morgan fingerprint density at radius 3 is 3.20 bits per heavy atom. The second-order valence-corrected chi connectivity index (χ2v) is 4.75. The summed E-state index contributed by atoms with van der Waals surface area (Å²) in [7, 11) is 1.84. The van der Waals surface area contributed by atoms with Gasteiger partial charge in [0.1, 0.15) is 0 Å². The molecule has 1 atom stereocenters. The first kappa shape index (κ1) is 10.6. The molecule has 1 fully saturated rings. The van der Waals surface area contributed by atoms with Crippen LogP contribution in [0.5, 0.6) is 0 Å². The van der Waals surface area contributed by atoms with Crippen molar-refractivity contribution in [2.24, 2.45) is 0 Å². The average molecular weight is 225 g/mol. The van der Waals surface area contributed by atoms with E-state index in [2.05, 4.69) is 0 Å². The number of amides is 1. The molecule has 0 saturated carbocycles. The van der Waals surface area contributed by atoms with Gasteiger partial charge in [-0.05, 0) is 24.3 Å². The molecule has 82 valence electrons. The fourth-order valence-electron chi connectivity index (χ4n) is 1.77. The Hall–Kier alpha value is -0.870. The summed E-state index contributed by atoms with van der Waals surface area (Å²) in [5.41, 5.74) is 0. The van der Waals surface area contributed by atoms with Crippen molar-refractivity contribution in [3.8, 4) is 0 Å². The van der Waals surface area contributed by atoms with Gasteiger partial charge in [0.05, 0.1) is 11.0 Å². The van der Waals surface area contributed by atoms with E-state index in [1.807, 2.05) is 24.6 Å². The van der Waals surface area contributed by atoms with Crippen molar-refractivity contribution < 1.29 is 9.53 Å². The molecule has 0 N–H and O–H groups in total. The number of likely N-dealkylation sites (N-methyl/N-ethyl adjacent to an activating group) is 1. The summed E-state index contributed by atoms with van der Waals surface area (Å²) in [4.78, 5) is 14.4. The molecule has 15 heavy (non-hydrogen) atoms. The van der Waals surface area contributed by atoms with E-state index in [0.717, 1.165) is 24.3 Å². The van der Waals surface area contributed by atoms with Gasteiger partial charge < -0.3 is 9.64 Å². The fourth-order valence-corrected chi connectivity index (χ4v) is 2.48. The third-order valence-corrected chi connectivity index (χ3v) is 3.44. The highest BCUT2D eigenvalue weighted by Crippen LogP contribution is 2.15. The largest absolute Gasteiger partial charge is 0.376 e. The molecule has 1 aliphatic rings. The first-order chi connectivity index (χ1) is 7.27. The number of nitrogens with zero attached hydrogens (tertiary/aromatic N) is 1. The summed E-state index contributed by atoms with van der Waals surface area (Å²) in [6, 6.07) is 3.76. The van der Waals surface area contributed by atoms with Gasteiger partial charge in [-0.1, -0.05) is 6.07 Å². The number of hydrogen-bond donors (Lipinski definition) is 0. The molecule has 1 saturated heterocycles. The van der Waals surface area contributed by atoms with Gasteiger partial charge in [0.25, 0.3) is 5.91 Å². The van der Waals surface area contributed by atoms with Gasteiger partial charge in [0.15, 0.2) is 0 Å². The Bertz CT molecular complexity index is 317. The predicted octanol–water partition coefficient (Wildman–Crippen LogP) is 2.00. The third-order valence-electron chi connectivity index (χ3n) is 2.58. The summed E-state index contributed by atoms with van der Waals surface area (Å²) in [6.07, 6.45) is 2.42. The Balaban J connectivity index is 1.90. The summed E-state index contributed by atoms with van der Waals surface area (Å²) >= 11 is 1.49. The van der Waals surface area contributed by atoms with Crippen LogP contribution in [-0.4, -0.2) is 37.1 Å². The molecule has 0 bridgehead atoms. The molecule has 1 amide bonds. The van der Waals surface area contributed by atoms with Crippen molar-refractivity contribution in [2.75, 3.05) is 20.2 Å². The van der Waals surface area contributed by atoms with Gasteiger partial charge in [-0.25, -0.2) is 0 Å². The van der Waals surface area contributed by atoms with Crippen LogP contribution in [0.4, 0.5) is 0 Å². The van der Waals surface area contributed by atoms with Crippen molar-refractivity contribution in [3.05, 3.63) is 22.4 Å². The first-order valence-electron chi connectivity index (χ1n) is 5.18. The van der Waals surface area contributed by atoms with Crippen LogP contribution < -0.4 is 0 Å². The lowest BCUT2D eigenvalue weighted by atomic mass is 10.2. The molecule has 1 aliphatic heterocycles. The molecule has 0 spiro atoms. The minimum atomic E-state index is 0.0977. The van der Waals surface area contributed by atoms with E-state index in [-0.39, 0.29) is 12.0 Å². The Morgan fingerprint density at radius 2 is 2.60 bits per heavy atom. The number of hydrogen-bond acceptors (Lipinski definition) is 3. The highest BCUT2D eigenvalue weighted by atomic mass is 32.1. The summed E-state index contributed by atoms with van der Waals surface area (Å²) in [5, 5.41) is 1.92. The van der Waals surface area contributed by atoms with Gasteiger partial charge in [0, 0.05) is 20.2 Å². The number of rotatable bonds is 3. The van der Waals surface area contributed by atoms with Crippen molar-refractivity contribution >= 4 is 17.2 Å². The van der Waals surface area contributed by atoms with E-state index in [4.69, 9.17) is 4.74 Å². The predicted molar refractivity (Wildman–Crippen MR) is 60.3 cm³/mol. The van der Waals surface area contributed by atoms with Gasteiger partial charge in [-0.2, -0.15) is 0 Å². The minimum Gasteiger partial charge on any atom is -0.376 e. The normalized spacial score (nSPS) is 20.5. The second-order valence-electron chi connectivity index (χ2n) is 3.80. The van der Waals surface area contributed by atoms with Crippen LogP contribution in [0.3, 0.4) is 0 Å². The minimum absolute atomic E-state index is 0.0977. The number of carbonyl (C=O) groups excluding carboxylic acids is 1. The Labute approximate surface area is 93.7 Å². The maximum absolute atomic E-state index is 11.9. The third kappa shape index (κ3) is 2.58. The van der Waals surface area contributed by atoms with Crippen molar-refractivity contribution in [1.29, 1.82) is 0 Å². The van der Waals surface area contributed by atoms with Gasteiger partial charge in [-0.3, -0.25) is 4.79 Å². The smallest absolute Gasteiger partial charge is 0.263 e. The summed E-state index contributed by atoms with van der Waals surface area (Å²) in [5.74, 6) is 0.0977. The molecule has 0 radical (unpaired) electrons. The number of thiophene rings is 1. The summed E-state index contributed by atoms with van der Waals surface area (Å²) < 4.78 is 5.50. The van der Waals surface area contributed by atoms with Crippen LogP contribution in [0.25, 0.3) is 0 Å². The fraction of sp³-hybridized carbons (Fsp3) is 0.545. The van der Waals surface area contributed by atoms with Crippen LogP contribution in [0, 0.1) is 0 Å². The van der Waals surface area contributed by atoms with E-state index in [1.165, 1.54) is 11.3 Å². The van der Waals surface area contributed by atoms with Crippen LogP contribution >= 0.6 is 11.3 Å². The van der Waals surface area contributed by atoms with Crippen molar-refractivity contribution in [1.82, 2.24) is 4.90 Å². The standard InChI is InChI=1S/C11H15NO2S/c1-12(8-9-4-2-6-14-9)11(13)10-5-3-7-15-10/h3,5,7,9H,2,4,6,8H2,1H3. The van der Waals surface area contributed by atoms with Gasteiger partial charge in [0.2, 0.25) is 0 Å². The van der Waals surface area contributed by atoms with E-state index in [9.17, 15) is 4.79 Å². The molecular weight excluding hydrogens is 210 g/mol. The van der Waals surface area contributed by atoms with E-state index in [0.29, 0.717) is 6.54 Å². The monoisotopic (exact) mass is 225 g/mol. The molecule has 4 heteroatoms. The highest BCUT2D eigenvalue weighted by Gasteiger charge is 2.20. The van der Waals surface area contributed by atoms with E-state index >= 15 is 0 Å².